The maximum Gasteiger partial charge on any atom is 0.162 e. The van der Waals surface area contributed by atoms with Gasteiger partial charge in [-0.1, -0.05) is 67.4 Å². The number of ketones is 2. The van der Waals surface area contributed by atoms with E-state index in [9.17, 15) is 9.59 Å². The number of hydrogen-bond donors (Lipinski definition) is 0. The predicted octanol–water partition coefficient (Wildman–Crippen LogP) is 8.40. The molecule has 0 bridgehead atoms. The molecule has 0 fully saturated rings. The van der Waals surface area contributed by atoms with Crippen molar-refractivity contribution in [2.24, 2.45) is 10.8 Å². The molecule has 0 aromatic heterocycles. The molecule has 2 aromatic rings. The third kappa shape index (κ3) is 6.35. The van der Waals surface area contributed by atoms with Gasteiger partial charge in [0.05, 0.1) is 0 Å². The fraction of sp³-hybridized carbons (Fsp3) is 0.471. The summed E-state index contributed by atoms with van der Waals surface area (Å²) >= 11 is 10.1. The molecule has 5 nitrogen and oxygen atoms in total. The molecule has 41 heavy (non-hydrogen) atoms. The van der Waals surface area contributed by atoms with Crippen LogP contribution in [-0.4, -0.2) is 36.7 Å². The summed E-state index contributed by atoms with van der Waals surface area (Å²) in [6, 6.07) is 13.6. The van der Waals surface area contributed by atoms with Crippen LogP contribution in [0.1, 0.15) is 76.8 Å². The largest absolute Gasteiger partial charge is 0.489 e. The van der Waals surface area contributed by atoms with E-state index in [4.69, 9.17) is 21.1 Å². The Hall–Kier alpha value is -2.41. The van der Waals surface area contributed by atoms with Gasteiger partial charge in [-0.2, -0.15) is 0 Å². The lowest BCUT2D eigenvalue weighted by Crippen LogP contribution is -2.44. The summed E-state index contributed by atoms with van der Waals surface area (Å²) in [5.74, 6) is 0.329. The number of benzene rings is 2. The lowest BCUT2D eigenvalue weighted by atomic mass is 9.63. The zero-order valence-electron chi connectivity index (χ0n) is 24.6. The van der Waals surface area contributed by atoms with Gasteiger partial charge in [-0.3, -0.25) is 9.59 Å². The molecule has 1 aliphatic heterocycles. The molecule has 3 aliphatic rings. The first-order valence-corrected chi connectivity index (χ1v) is 15.5. The second-order valence-electron chi connectivity index (χ2n) is 13.1. The Balaban J connectivity index is 1.68. The van der Waals surface area contributed by atoms with Gasteiger partial charge in [0.15, 0.2) is 11.6 Å². The Morgan fingerprint density at radius 3 is 2.05 bits per heavy atom. The number of rotatable bonds is 8. The maximum absolute atomic E-state index is 14.1. The van der Waals surface area contributed by atoms with Gasteiger partial charge in [0.2, 0.25) is 0 Å². The summed E-state index contributed by atoms with van der Waals surface area (Å²) in [6.45, 7) is 10.3. The summed E-state index contributed by atoms with van der Waals surface area (Å²) < 4.78 is 12.8. The van der Waals surface area contributed by atoms with Crippen molar-refractivity contribution in [3.05, 3.63) is 85.6 Å². The van der Waals surface area contributed by atoms with Crippen LogP contribution < -0.4 is 4.74 Å². The minimum atomic E-state index is -0.510. The van der Waals surface area contributed by atoms with Crippen LogP contribution in [0.15, 0.2) is 69.5 Å². The van der Waals surface area contributed by atoms with E-state index < -0.39 is 5.92 Å². The number of methoxy groups -OCH3 is 1. The Bertz CT molecular complexity index is 1370. The smallest absolute Gasteiger partial charge is 0.162 e. The Kier molecular flexibility index (Phi) is 8.58. The third-order valence-corrected chi connectivity index (χ3v) is 9.11. The molecule has 0 atom stereocenters. The molecular weight excluding hydrogens is 602 g/mol. The van der Waals surface area contributed by atoms with Gasteiger partial charge < -0.3 is 14.4 Å². The number of ether oxygens (including phenoxy) is 2. The molecular formula is C34H39BrClNO4. The van der Waals surface area contributed by atoms with Crippen molar-refractivity contribution >= 4 is 39.1 Å². The summed E-state index contributed by atoms with van der Waals surface area (Å²) in [7, 11) is 1.71. The number of Topliss-reactive ketones (excluding diaryl/α,β-unsaturated/α-hetero) is 2. The normalized spacial score (nSPS) is 20.3. The number of halogens is 2. The monoisotopic (exact) mass is 639 g/mol. The molecule has 0 spiro atoms. The van der Waals surface area contributed by atoms with Gasteiger partial charge in [-0.15, -0.1) is 0 Å². The van der Waals surface area contributed by atoms with Crippen LogP contribution in [0.25, 0.3) is 0 Å². The van der Waals surface area contributed by atoms with Crippen molar-refractivity contribution in [2.45, 2.75) is 72.3 Å². The van der Waals surface area contributed by atoms with E-state index in [-0.39, 0.29) is 22.4 Å². The van der Waals surface area contributed by atoms with Crippen LogP contribution >= 0.6 is 27.5 Å². The van der Waals surface area contributed by atoms with Crippen molar-refractivity contribution in [1.29, 1.82) is 0 Å². The minimum absolute atomic E-state index is 0.0982. The average molecular weight is 641 g/mol. The van der Waals surface area contributed by atoms with Crippen LogP contribution in [0, 0.1) is 10.8 Å². The highest BCUT2D eigenvalue weighted by atomic mass is 79.9. The molecule has 0 unspecified atom stereocenters. The van der Waals surface area contributed by atoms with Gasteiger partial charge in [0.25, 0.3) is 0 Å². The van der Waals surface area contributed by atoms with Crippen molar-refractivity contribution in [3.63, 3.8) is 0 Å². The molecule has 5 rings (SSSR count). The first-order valence-electron chi connectivity index (χ1n) is 14.3. The molecule has 2 aliphatic carbocycles. The van der Waals surface area contributed by atoms with Gasteiger partial charge in [0.1, 0.15) is 12.4 Å². The molecule has 0 saturated carbocycles. The van der Waals surface area contributed by atoms with Crippen molar-refractivity contribution < 1.29 is 19.1 Å². The van der Waals surface area contributed by atoms with Crippen LogP contribution in [0.4, 0.5) is 0 Å². The molecule has 0 N–H and O–H groups in total. The molecule has 2 aromatic carbocycles. The zero-order chi connectivity index (χ0) is 29.5. The topological polar surface area (TPSA) is 55.8 Å². The molecule has 1 heterocycles. The van der Waals surface area contributed by atoms with E-state index in [1.165, 1.54) is 0 Å². The number of allylic oxidation sites excluding steroid dienone is 4. The second kappa shape index (κ2) is 11.7. The minimum Gasteiger partial charge on any atom is -0.489 e. The number of nitrogens with zero attached hydrogens (tertiary/aromatic N) is 1. The molecule has 0 saturated heterocycles. The first-order chi connectivity index (χ1) is 19.4. The van der Waals surface area contributed by atoms with E-state index in [1.54, 1.807) is 7.11 Å². The summed E-state index contributed by atoms with van der Waals surface area (Å²) in [5.41, 5.74) is 4.97. The highest BCUT2D eigenvalue weighted by Crippen LogP contribution is 2.55. The van der Waals surface area contributed by atoms with E-state index in [1.807, 2.05) is 42.5 Å². The Labute approximate surface area is 257 Å². The fourth-order valence-electron chi connectivity index (χ4n) is 6.61. The second-order valence-corrected chi connectivity index (χ2v) is 14.5. The maximum atomic E-state index is 14.1. The molecule has 0 amide bonds. The van der Waals surface area contributed by atoms with Crippen molar-refractivity contribution in [3.8, 4) is 5.75 Å². The van der Waals surface area contributed by atoms with Gasteiger partial charge in [-0.05, 0) is 66.0 Å². The highest BCUT2D eigenvalue weighted by Gasteiger charge is 2.49. The highest BCUT2D eigenvalue weighted by molar-refractivity contribution is 9.10. The molecule has 7 heteroatoms. The number of carbonyl (C=O) groups is 2. The standard InChI is InChI=1S/C34H39BrClNO4/c1-33(2)16-25-31(27(38)18-33)30(32-26(37(25)13-6-14-40-5)17-34(3,4)19-28(32)39)24-15-23(36)11-12-29(24)41-20-21-7-9-22(35)10-8-21/h7-12,15,30H,6,13-14,16-20H2,1-5H3. The average Bonchev–Trinajstić information content (AvgIpc) is 2.88. The summed E-state index contributed by atoms with van der Waals surface area (Å²) in [5, 5.41) is 0.551. The Morgan fingerprint density at radius 2 is 1.49 bits per heavy atom. The Morgan fingerprint density at radius 1 is 0.902 bits per heavy atom. The van der Waals surface area contributed by atoms with Crippen LogP contribution in [0.5, 0.6) is 5.75 Å². The van der Waals surface area contributed by atoms with Gasteiger partial charge in [0, 0.05) is 76.6 Å². The van der Waals surface area contributed by atoms with Crippen LogP contribution in [0.3, 0.4) is 0 Å². The molecule has 218 valence electrons. The van der Waals surface area contributed by atoms with E-state index in [0.29, 0.717) is 43.4 Å². The van der Waals surface area contributed by atoms with E-state index in [2.05, 4.69) is 48.5 Å². The third-order valence-electron chi connectivity index (χ3n) is 8.34. The van der Waals surface area contributed by atoms with Crippen LogP contribution in [0.2, 0.25) is 5.02 Å². The zero-order valence-corrected chi connectivity index (χ0v) is 27.0. The lowest BCUT2D eigenvalue weighted by molar-refractivity contribution is -0.119. The van der Waals surface area contributed by atoms with Crippen molar-refractivity contribution in [1.82, 2.24) is 4.90 Å². The van der Waals surface area contributed by atoms with Gasteiger partial charge in [-0.25, -0.2) is 0 Å². The SMILES string of the molecule is COCCCN1C2=C(C(=O)CC(C)(C)C2)C(c2cc(Cl)ccc2OCc2ccc(Br)cc2)C2=C1CC(C)(C)CC2=O. The van der Waals surface area contributed by atoms with Crippen LogP contribution in [-0.2, 0) is 20.9 Å². The summed E-state index contributed by atoms with van der Waals surface area (Å²) in [4.78, 5) is 30.5. The van der Waals surface area contributed by atoms with E-state index >= 15 is 0 Å². The molecule has 0 radical (unpaired) electrons. The number of hydrogen-bond acceptors (Lipinski definition) is 5. The van der Waals surface area contributed by atoms with E-state index in [0.717, 1.165) is 57.4 Å². The number of carbonyl (C=O) groups excluding carboxylic acids is 2. The fourth-order valence-corrected chi connectivity index (χ4v) is 7.06. The quantitative estimate of drug-likeness (QED) is 0.271. The first kappa shape index (κ1) is 30.1. The summed E-state index contributed by atoms with van der Waals surface area (Å²) in [6.07, 6.45) is 3.20. The van der Waals surface area contributed by atoms with Gasteiger partial charge >= 0.3 is 0 Å². The lowest BCUT2D eigenvalue weighted by Gasteiger charge is -2.49. The van der Waals surface area contributed by atoms with Crippen molar-refractivity contribution in [2.75, 3.05) is 20.3 Å². The predicted molar refractivity (Wildman–Crippen MR) is 166 cm³/mol.